The van der Waals surface area contributed by atoms with E-state index in [0.29, 0.717) is 10.0 Å². The number of carbonyl (C=O) groups excluding carboxylic acids is 1. The Kier molecular flexibility index (Phi) is 5.03. The number of rotatable bonds is 4. The first kappa shape index (κ1) is 15.6. The molecule has 0 aromatic heterocycles. The van der Waals surface area contributed by atoms with Crippen molar-refractivity contribution in [2.75, 3.05) is 7.11 Å². The van der Waals surface area contributed by atoms with Crippen LogP contribution in [0.3, 0.4) is 0 Å². The molecule has 0 heterocycles. The molecule has 0 radical (unpaired) electrons. The fourth-order valence-electron chi connectivity index (χ4n) is 1.64. The van der Waals surface area contributed by atoms with Gasteiger partial charge in [-0.05, 0) is 58.4 Å². The lowest BCUT2D eigenvalue weighted by Gasteiger charge is -2.06. The van der Waals surface area contributed by atoms with Gasteiger partial charge in [-0.2, -0.15) is 0 Å². The second kappa shape index (κ2) is 6.78. The van der Waals surface area contributed by atoms with Crippen LogP contribution in [0.5, 0.6) is 0 Å². The Morgan fingerprint density at radius 3 is 2.24 bits per heavy atom. The summed E-state index contributed by atoms with van der Waals surface area (Å²) in [6.45, 7) is 0. The van der Waals surface area contributed by atoms with Gasteiger partial charge in [0.1, 0.15) is 0 Å². The second-order valence-corrected chi connectivity index (χ2v) is 6.07. The SMILES string of the molecule is COC(=O)c1ccc(Sc2ccc(C(=O)O)cc2)cc1Br. The third-order valence-corrected chi connectivity index (χ3v) is 4.34. The first-order chi connectivity index (χ1) is 10.0. The maximum atomic E-state index is 11.5. The van der Waals surface area contributed by atoms with Crippen LogP contribution < -0.4 is 0 Å². The van der Waals surface area contributed by atoms with E-state index in [1.165, 1.54) is 18.9 Å². The smallest absolute Gasteiger partial charge is 0.339 e. The number of ether oxygens (including phenoxy) is 1. The van der Waals surface area contributed by atoms with Gasteiger partial charge in [0.05, 0.1) is 18.2 Å². The van der Waals surface area contributed by atoms with Crippen LogP contribution in [0.25, 0.3) is 0 Å². The van der Waals surface area contributed by atoms with Crippen LogP contribution in [0.2, 0.25) is 0 Å². The number of hydrogen-bond acceptors (Lipinski definition) is 4. The van der Waals surface area contributed by atoms with Crippen molar-refractivity contribution >= 4 is 39.6 Å². The number of carboxylic acids is 1. The number of esters is 1. The Morgan fingerprint density at radius 2 is 1.71 bits per heavy atom. The maximum Gasteiger partial charge on any atom is 0.339 e. The van der Waals surface area contributed by atoms with Gasteiger partial charge >= 0.3 is 11.9 Å². The minimum Gasteiger partial charge on any atom is -0.478 e. The zero-order valence-electron chi connectivity index (χ0n) is 11.0. The summed E-state index contributed by atoms with van der Waals surface area (Å²) in [7, 11) is 1.33. The van der Waals surface area contributed by atoms with E-state index in [0.717, 1.165) is 9.79 Å². The Labute approximate surface area is 134 Å². The molecular weight excluding hydrogens is 356 g/mol. The predicted octanol–water partition coefficient (Wildman–Crippen LogP) is 4.09. The number of methoxy groups -OCH3 is 1. The molecule has 0 atom stereocenters. The molecule has 0 spiro atoms. The van der Waals surface area contributed by atoms with Crippen molar-refractivity contribution < 1.29 is 19.4 Å². The number of carboxylic acid groups (broad SMARTS) is 1. The van der Waals surface area contributed by atoms with Crippen LogP contribution in [-0.2, 0) is 4.74 Å². The molecule has 1 N–H and O–H groups in total. The van der Waals surface area contributed by atoms with Crippen molar-refractivity contribution in [1.29, 1.82) is 0 Å². The van der Waals surface area contributed by atoms with Crippen LogP contribution in [-0.4, -0.2) is 24.2 Å². The summed E-state index contributed by atoms with van der Waals surface area (Å²) in [5, 5.41) is 8.85. The largest absolute Gasteiger partial charge is 0.478 e. The first-order valence-electron chi connectivity index (χ1n) is 5.90. The van der Waals surface area contributed by atoms with Gasteiger partial charge in [0.2, 0.25) is 0 Å². The average molecular weight is 367 g/mol. The molecule has 6 heteroatoms. The predicted molar refractivity (Wildman–Crippen MR) is 83.0 cm³/mol. The number of benzene rings is 2. The van der Waals surface area contributed by atoms with Crippen molar-refractivity contribution in [3.05, 3.63) is 58.1 Å². The molecule has 108 valence electrons. The van der Waals surface area contributed by atoms with E-state index in [-0.39, 0.29) is 5.56 Å². The Morgan fingerprint density at radius 1 is 1.10 bits per heavy atom. The molecular formula is C15H11BrO4S. The van der Waals surface area contributed by atoms with E-state index in [1.807, 2.05) is 12.1 Å². The van der Waals surface area contributed by atoms with Gasteiger partial charge in [-0.1, -0.05) is 11.8 Å². The van der Waals surface area contributed by atoms with Crippen LogP contribution in [0.4, 0.5) is 0 Å². The molecule has 2 aromatic rings. The van der Waals surface area contributed by atoms with Crippen LogP contribution >= 0.6 is 27.7 Å². The Hall–Kier alpha value is -1.79. The average Bonchev–Trinajstić information content (AvgIpc) is 2.47. The van der Waals surface area contributed by atoms with Crippen LogP contribution in [0.15, 0.2) is 56.7 Å². The number of halogens is 1. The number of hydrogen-bond donors (Lipinski definition) is 1. The van der Waals surface area contributed by atoms with E-state index in [9.17, 15) is 9.59 Å². The van der Waals surface area contributed by atoms with Crippen molar-refractivity contribution in [3.8, 4) is 0 Å². The van der Waals surface area contributed by atoms with Gasteiger partial charge in [0, 0.05) is 14.3 Å². The highest BCUT2D eigenvalue weighted by molar-refractivity contribution is 9.10. The monoisotopic (exact) mass is 366 g/mol. The molecule has 0 unspecified atom stereocenters. The molecule has 0 aliphatic heterocycles. The molecule has 21 heavy (non-hydrogen) atoms. The van der Waals surface area contributed by atoms with E-state index < -0.39 is 11.9 Å². The van der Waals surface area contributed by atoms with E-state index in [2.05, 4.69) is 20.7 Å². The highest BCUT2D eigenvalue weighted by Gasteiger charge is 2.11. The number of carbonyl (C=O) groups is 2. The van der Waals surface area contributed by atoms with Crippen molar-refractivity contribution in [3.63, 3.8) is 0 Å². The van der Waals surface area contributed by atoms with Crippen molar-refractivity contribution in [1.82, 2.24) is 0 Å². The lowest BCUT2D eigenvalue weighted by molar-refractivity contribution is 0.0598. The van der Waals surface area contributed by atoms with Gasteiger partial charge in [0.15, 0.2) is 0 Å². The summed E-state index contributed by atoms with van der Waals surface area (Å²) in [6, 6.07) is 11.9. The van der Waals surface area contributed by atoms with Crippen molar-refractivity contribution in [2.45, 2.75) is 9.79 Å². The van der Waals surface area contributed by atoms with Gasteiger partial charge in [-0.3, -0.25) is 0 Å². The highest BCUT2D eigenvalue weighted by atomic mass is 79.9. The van der Waals surface area contributed by atoms with Gasteiger partial charge in [0.25, 0.3) is 0 Å². The molecule has 0 saturated heterocycles. The summed E-state index contributed by atoms with van der Waals surface area (Å²) < 4.78 is 5.33. The molecule has 0 saturated carbocycles. The molecule has 2 aromatic carbocycles. The lowest BCUT2D eigenvalue weighted by Crippen LogP contribution is -2.01. The van der Waals surface area contributed by atoms with Gasteiger partial charge in [-0.15, -0.1) is 0 Å². The van der Waals surface area contributed by atoms with Crippen LogP contribution in [0, 0.1) is 0 Å². The summed E-state index contributed by atoms with van der Waals surface area (Å²) in [4.78, 5) is 24.1. The third kappa shape index (κ3) is 3.86. The summed E-state index contributed by atoms with van der Waals surface area (Å²) in [5.41, 5.74) is 0.713. The second-order valence-electron chi connectivity index (χ2n) is 4.06. The minimum absolute atomic E-state index is 0.251. The standard InChI is InChI=1S/C15H11BrO4S/c1-20-15(19)12-7-6-11(8-13(12)16)21-10-4-2-9(3-5-10)14(17)18/h2-8H,1H3,(H,17,18). The topological polar surface area (TPSA) is 63.6 Å². The molecule has 0 aliphatic rings. The van der Waals surface area contributed by atoms with Gasteiger partial charge < -0.3 is 9.84 Å². The molecule has 0 amide bonds. The quantitative estimate of drug-likeness (QED) is 0.825. The summed E-state index contributed by atoms with van der Waals surface area (Å²) in [5.74, 6) is -1.35. The zero-order chi connectivity index (χ0) is 15.4. The third-order valence-electron chi connectivity index (χ3n) is 2.68. The molecule has 4 nitrogen and oxygen atoms in total. The minimum atomic E-state index is -0.947. The fraction of sp³-hybridized carbons (Fsp3) is 0.0667. The van der Waals surface area contributed by atoms with E-state index >= 15 is 0 Å². The summed E-state index contributed by atoms with van der Waals surface area (Å²) >= 11 is 4.82. The Bertz CT molecular complexity index is 683. The number of aromatic carboxylic acids is 1. The van der Waals surface area contributed by atoms with Crippen molar-refractivity contribution in [2.24, 2.45) is 0 Å². The fourth-order valence-corrected chi connectivity index (χ4v) is 3.19. The zero-order valence-corrected chi connectivity index (χ0v) is 13.4. The van der Waals surface area contributed by atoms with Crippen LogP contribution in [0.1, 0.15) is 20.7 Å². The molecule has 2 rings (SSSR count). The lowest BCUT2D eigenvalue weighted by atomic mass is 10.2. The van der Waals surface area contributed by atoms with Gasteiger partial charge in [-0.25, -0.2) is 9.59 Å². The summed E-state index contributed by atoms with van der Waals surface area (Å²) in [6.07, 6.45) is 0. The Balaban J connectivity index is 2.18. The first-order valence-corrected chi connectivity index (χ1v) is 7.51. The maximum absolute atomic E-state index is 11.5. The van der Waals surface area contributed by atoms with E-state index in [4.69, 9.17) is 5.11 Å². The molecule has 0 bridgehead atoms. The molecule has 0 aliphatic carbocycles. The van der Waals surface area contributed by atoms with E-state index in [1.54, 1.807) is 30.3 Å². The highest BCUT2D eigenvalue weighted by Crippen LogP contribution is 2.31. The normalized spacial score (nSPS) is 10.2. The molecule has 0 fully saturated rings.